The number of hydrazone groups is 1. The van der Waals surface area contributed by atoms with E-state index in [0.29, 0.717) is 22.1 Å². The van der Waals surface area contributed by atoms with Gasteiger partial charge in [-0.15, -0.1) is 0 Å². The van der Waals surface area contributed by atoms with Crippen LogP contribution < -0.4 is 20.2 Å². The van der Waals surface area contributed by atoms with E-state index in [2.05, 4.69) is 15.8 Å². The van der Waals surface area contributed by atoms with E-state index < -0.39 is 11.8 Å². The van der Waals surface area contributed by atoms with Crippen LogP contribution in [0.5, 0.6) is 11.5 Å². The largest absolute Gasteiger partial charge is 0.454 e. The molecule has 1 fully saturated rings. The molecule has 1 aliphatic heterocycles. The number of amides is 2. The van der Waals surface area contributed by atoms with Gasteiger partial charge in [-0.1, -0.05) is 11.6 Å². The van der Waals surface area contributed by atoms with Crippen LogP contribution in [0, 0.1) is 0 Å². The minimum Gasteiger partial charge on any atom is -0.454 e. The van der Waals surface area contributed by atoms with E-state index in [9.17, 15) is 9.59 Å². The smallest absolute Gasteiger partial charge is 0.329 e. The normalized spacial score (nSPS) is 16.0. The molecule has 1 aromatic carbocycles. The summed E-state index contributed by atoms with van der Waals surface area (Å²) in [7, 11) is 0. The summed E-state index contributed by atoms with van der Waals surface area (Å²) in [5.74, 6) is -0.480. The van der Waals surface area contributed by atoms with Gasteiger partial charge in [0, 0.05) is 6.04 Å². The molecule has 0 bridgehead atoms. The third kappa shape index (κ3) is 3.25. The molecule has 1 saturated carbocycles. The Hall–Kier alpha value is -2.28. The van der Waals surface area contributed by atoms with Crippen LogP contribution in [0.4, 0.5) is 0 Å². The fraction of sp³-hybridized carbons (Fsp3) is 0.308. The molecule has 0 aromatic heterocycles. The lowest BCUT2D eigenvalue weighted by Gasteiger charge is -2.02. The fourth-order valence-electron chi connectivity index (χ4n) is 1.76. The van der Waals surface area contributed by atoms with E-state index in [-0.39, 0.29) is 12.8 Å². The van der Waals surface area contributed by atoms with Crippen molar-refractivity contribution in [2.24, 2.45) is 5.10 Å². The number of hydrogen-bond acceptors (Lipinski definition) is 5. The molecule has 1 aliphatic carbocycles. The summed E-state index contributed by atoms with van der Waals surface area (Å²) in [6.07, 6.45) is 3.20. The third-order valence-corrected chi connectivity index (χ3v) is 3.23. The van der Waals surface area contributed by atoms with Gasteiger partial charge in [0.25, 0.3) is 0 Å². The molecule has 21 heavy (non-hydrogen) atoms. The summed E-state index contributed by atoms with van der Waals surface area (Å²) in [6.45, 7) is 0.119. The van der Waals surface area contributed by atoms with Gasteiger partial charge in [0.15, 0.2) is 11.5 Å². The summed E-state index contributed by atoms with van der Waals surface area (Å²) in [6, 6.07) is 3.42. The predicted molar refractivity (Wildman–Crippen MR) is 74.5 cm³/mol. The summed E-state index contributed by atoms with van der Waals surface area (Å²) in [5.41, 5.74) is 2.77. The predicted octanol–water partition coefficient (Wildman–Crippen LogP) is 0.797. The van der Waals surface area contributed by atoms with E-state index >= 15 is 0 Å². The van der Waals surface area contributed by atoms with Crippen LogP contribution in [0.1, 0.15) is 18.4 Å². The molecule has 1 heterocycles. The molecule has 7 nitrogen and oxygen atoms in total. The number of nitrogens with one attached hydrogen (secondary N) is 2. The van der Waals surface area contributed by atoms with Crippen LogP contribution in [0.25, 0.3) is 0 Å². The average Bonchev–Trinajstić information content (AvgIpc) is 3.13. The van der Waals surface area contributed by atoms with Crippen LogP contribution in [0.2, 0.25) is 5.02 Å². The molecule has 2 amide bonds. The maximum absolute atomic E-state index is 11.4. The van der Waals surface area contributed by atoms with Gasteiger partial charge in [-0.05, 0) is 30.5 Å². The van der Waals surface area contributed by atoms with Gasteiger partial charge in [-0.3, -0.25) is 9.59 Å². The summed E-state index contributed by atoms with van der Waals surface area (Å²) in [5, 5.41) is 6.67. The van der Waals surface area contributed by atoms with Crippen LogP contribution in [-0.4, -0.2) is 30.9 Å². The van der Waals surface area contributed by atoms with Gasteiger partial charge in [0.2, 0.25) is 6.79 Å². The Morgan fingerprint density at radius 1 is 1.29 bits per heavy atom. The van der Waals surface area contributed by atoms with Crippen LogP contribution >= 0.6 is 11.6 Å². The molecule has 3 rings (SSSR count). The number of rotatable bonds is 3. The first-order valence-corrected chi connectivity index (χ1v) is 6.74. The summed E-state index contributed by atoms with van der Waals surface area (Å²) < 4.78 is 10.4. The monoisotopic (exact) mass is 309 g/mol. The second kappa shape index (κ2) is 5.61. The van der Waals surface area contributed by atoms with Gasteiger partial charge in [0.1, 0.15) is 0 Å². The SMILES string of the molecule is O=C(N/N=C\c1cc(Cl)c2c(c1)OCO2)C(=O)NC1CC1. The lowest BCUT2D eigenvalue weighted by Crippen LogP contribution is -2.38. The molecule has 110 valence electrons. The molecule has 0 atom stereocenters. The zero-order valence-electron chi connectivity index (χ0n) is 10.9. The highest BCUT2D eigenvalue weighted by molar-refractivity contribution is 6.35. The number of carbonyl (C=O) groups is 2. The van der Waals surface area contributed by atoms with Crippen molar-refractivity contribution in [1.29, 1.82) is 0 Å². The lowest BCUT2D eigenvalue weighted by atomic mass is 10.2. The average molecular weight is 310 g/mol. The van der Waals surface area contributed by atoms with Crippen molar-refractivity contribution < 1.29 is 19.1 Å². The van der Waals surface area contributed by atoms with Crippen LogP contribution in [0.3, 0.4) is 0 Å². The van der Waals surface area contributed by atoms with Crippen LogP contribution in [-0.2, 0) is 9.59 Å². The minimum atomic E-state index is -0.801. The number of carbonyl (C=O) groups excluding carboxylic acids is 2. The van der Waals surface area contributed by atoms with Crippen molar-refractivity contribution in [2.45, 2.75) is 18.9 Å². The first-order valence-electron chi connectivity index (χ1n) is 6.36. The van der Waals surface area contributed by atoms with E-state index in [0.717, 1.165) is 12.8 Å². The maximum atomic E-state index is 11.4. The van der Waals surface area contributed by atoms with E-state index in [1.54, 1.807) is 12.1 Å². The second-order valence-corrected chi connectivity index (χ2v) is 5.09. The number of benzene rings is 1. The molecule has 0 unspecified atom stereocenters. The highest BCUT2D eigenvalue weighted by Crippen LogP contribution is 2.39. The molecule has 0 radical (unpaired) electrons. The Bertz CT molecular complexity index is 628. The molecule has 0 spiro atoms. The molecule has 1 aromatic rings. The first kappa shape index (κ1) is 13.7. The van der Waals surface area contributed by atoms with Crippen molar-refractivity contribution in [3.05, 3.63) is 22.7 Å². The number of ether oxygens (including phenoxy) is 2. The first-order chi connectivity index (χ1) is 10.1. The Labute approximate surface area is 125 Å². The summed E-state index contributed by atoms with van der Waals surface area (Å²) in [4.78, 5) is 22.8. The Balaban J connectivity index is 1.59. The zero-order chi connectivity index (χ0) is 14.8. The standard InChI is InChI=1S/C13H12ClN3O4/c14-9-3-7(4-10-11(9)21-6-20-10)5-15-17-13(19)12(18)16-8-1-2-8/h3-5,8H,1-2,6H2,(H,16,18)(H,17,19)/b15-5-. The molecule has 0 saturated heterocycles. The number of halogens is 1. The minimum absolute atomic E-state index is 0.119. The van der Waals surface area contributed by atoms with E-state index in [1.165, 1.54) is 6.21 Å². The topological polar surface area (TPSA) is 89.0 Å². The maximum Gasteiger partial charge on any atom is 0.329 e. The van der Waals surface area contributed by atoms with Gasteiger partial charge < -0.3 is 14.8 Å². The van der Waals surface area contributed by atoms with E-state index in [1.807, 2.05) is 0 Å². The molecule has 2 N–H and O–H groups in total. The molecular formula is C13H12ClN3O4. The van der Waals surface area contributed by atoms with Crippen LogP contribution in [0.15, 0.2) is 17.2 Å². The van der Waals surface area contributed by atoms with E-state index in [4.69, 9.17) is 21.1 Å². The zero-order valence-corrected chi connectivity index (χ0v) is 11.6. The number of nitrogens with zero attached hydrogens (tertiary/aromatic N) is 1. The lowest BCUT2D eigenvalue weighted by molar-refractivity contribution is -0.139. The van der Waals surface area contributed by atoms with Crippen molar-refractivity contribution >= 4 is 29.6 Å². The second-order valence-electron chi connectivity index (χ2n) is 4.68. The Morgan fingerprint density at radius 2 is 2.10 bits per heavy atom. The van der Waals surface area contributed by atoms with Crippen molar-refractivity contribution in [2.75, 3.05) is 6.79 Å². The number of hydrogen-bond donors (Lipinski definition) is 2. The summed E-state index contributed by atoms with van der Waals surface area (Å²) >= 11 is 6.01. The van der Waals surface area contributed by atoms with Gasteiger partial charge in [-0.2, -0.15) is 5.10 Å². The Kier molecular flexibility index (Phi) is 3.66. The van der Waals surface area contributed by atoms with Gasteiger partial charge in [-0.25, -0.2) is 5.43 Å². The molecule has 2 aliphatic rings. The van der Waals surface area contributed by atoms with Crippen molar-refractivity contribution in [1.82, 2.24) is 10.7 Å². The highest BCUT2D eigenvalue weighted by Gasteiger charge is 2.26. The fourth-order valence-corrected chi connectivity index (χ4v) is 2.03. The quantitative estimate of drug-likeness (QED) is 0.491. The number of fused-ring (bicyclic) bond motifs is 1. The Morgan fingerprint density at radius 3 is 2.86 bits per heavy atom. The van der Waals surface area contributed by atoms with Gasteiger partial charge in [0.05, 0.1) is 11.2 Å². The molecular weight excluding hydrogens is 298 g/mol. The molecule has 8 heteroatoms. The highest BCUT2D eigenvalue weighted by atomic mass is 35.5. The van der Waals surface area contributed by atoms with Crippen molar-refractivity contribution in [3.8, 4) is 11.5 Å². The van der Waals surface area contributed by atoms with Gasteiger partial charge >= 0.3 is 11.8 Å². The third-order valence-electron chi connectivity index (χ3n) is 2.95. The van der Waals surface area contributed by atoms with Crippen molar-refractivity contribution in [3.63, 3.8) is 0 Å².